The van der Waals surface area contributed by atoms with Gasteiger partial charge >= 0.3 is 0 Å². The first-order chi connectivity index (χ1) is 6.07. The number of benzene rings is 1. The fourth-order valence-electron chi connectivity index (χ4n) is 1.01. The van der Waals surface area contributed by atoms with Crippen LogP contribution in [0, 0.1) is 0 Å². The van der Waals surface area contributed by atoms with Gasteiger partial charge in [-0.15, -0.1) is 0 Å². The van der Waals surface area contributed by atoms with Crippen LogP contribution in [0.3, 0.4) is 0 Å². The van der Waals surface area contributed by atoms with Crippen LogP contribution < -0.4 is 4.74 Å². The Hall–Kier alpha value is -1.03. The van der Waals surface area contributed by atoms with Crippen molar-refractivity contribution in [2.75, 3.05) is 7.11 Å². The molecule has 0 aromatic heterocycles. The summed E-state index contributed by atoms with van der Waals surface area (Å²) in [7, 11) is 1.43. The topological polar surface area (TPSA) is 46.5 Å². The Labute approximate surface area is 84.5 Å². The summed E-state index contributed by atoms with van der Waals surface area (Å²) in [6, 6.07) is 2.98. The van der Waals surface area contributed by atoms with E-state index < -0.39 is 0 Å². The Morgan fingerprint density at radius 1 is 1.54 bits per heavy atom. The molecule has 4 heteroatoms. The van der Waals surface area contributed by atoms with Crippen LogP contribution in [0.15, 0.2) is 16.6 Å². The maximum Gasteiger partial charge on any atom is 0.175 e. The van der Waals surface area contributed by atoms with Crippen molar-refractivity contribution in [3.8, 4) is 11.5 Å². The van der Waals surface area contributed by atoms with E-state index in [1.165, 1.54) is 20.1 Å². The third-order valence-corrected chi connectivity index (χ3v) is 2.45. The van der Waals surface area contributed by atoms with Gasteiger partial charge in [0.05, 0.1) is 11.6 Å². The number of ether oxygens (including phenoxy) is 1. The second-order valence-corrected chi connectivity index (χ2v) is 3.33. The highest BCUT2D eigenvalue weighted by atomic mass is 79.9. The number of rotatable bonds is 2. The third-order valence-electron chi connectivity index (χ3n) is 1.66. The lowest BCUT2D eigenvalue weighted by molar-refractivity contribution is 0.101. The number of hydrogen-bond acceptors (Lipinski definition) is 3. The van der Waals surface area contributed by atoms with E-state index in [-0.39, 0.29) is 17.3 Å². The minimum absolute atomic E-state index is 0.0133. The Morgan fingerprint density at radius 2 is 2.15 bits per heavy atom. The highest BCUT2D eigenvalue weighted by molar-refractivity contribution is 9.10. The zero-order valence-electron chi connectivity index (χ0n) is 7.30. The molecule has 3 nitrogen and oxygen atoms in total. The predicted molar refractivity (Wildman–Crippen MR) is 52.4 cm³/mol. The molecule has 0 aliphatic heterocycles. The maximum atomic E-state index is 11.1. The van der Waals surface area contributed by atoms with E-state index in [9.17, 15) is 9.90 Å². The fraction of sp³-hybridized carbons (Fsp3) is 0.222. The summed E-state index contributed by atoms with van der Waals surface area (Å²) in [6.07, 6.45) is 0. The molecule has 1 N–H and O–H groups in total. The van der Waals surface area contributed by atoms with Gasteiger partial charge in [-0.05, 0) is 35.0 Å². The maximum absolute atomic E-state index is 11.1. The number of ketones is 1. The number of phenolic OH excluding ortho intramolecular Hbond substituents is 1. The molecule has 0 heterocycles. The summed E-state index contributed by atoms with van der Waals surface area (Å²) in [5, 5.41) is 9.33. The number of phenols is 1. The SMILES string of the molecule is COc1c(O)ccc(C(C)=O)c1Br. The van der Waals surface area contributed by atoms with Crippen molar-refractivity contribution in [3.05, 3.63) is 22.2 Å². The van der Waals surface area contributed by atoms with Crippen molar-refractivity contribution in [2.24, 2.45) is 0 Å². The summed E-state index contributed by atoms with van der Waals surface area (Å²) >= 11 is 3.19. The predicted octanol–water partition coefficient (Wildman–Crippen LogP) is 2.37. The van der Waals surface area contributed by atoms with Gasteiger partial charge in [0.25, 0.3) is 0 Å². The molecule has 0 aliphatic rings. The molecule has 0 atom stereocenters. The number of hydrogen-bond donors (Lipinski definition) is 1. The van der Waals surface area contributed by atoms with E-state index in [1.54, 1.807) is 6.07 Å². The second kappa shape index (κ2) is 3.79. The molecule has 1 rings (SSSR count). The van der Waals surface area contributed by atoms with Crippen LogP contribution in [0.25, 0.3) is 0 Å². The van der Waals surface area contributed by atoms with E-state index in [0.29, 0.717) is 10.0 Å². The molecule has 0 unspecified atom stereocenters. The zero-order valence-corrected chi connectivity index (χ0v) is 8.88. The molecule has 0 radical (unpaired) electrons. The number of aromatic hydroxyl groups is 1. The van der Waals surface area contributed by atoms with E-state index in [1.807, 2.05) is 0 Å². The Bertz CT molecular complexity index is 347. The molecular formula is C9H9BrO3. The first-order valence-electron chi connectivity index (χ1n) is 3.64. The summed E-state index contributed by atoms with van der Waals surface area (Å²) < 4.78 is 5.41. The summed E-state index contributed by atoms with van der Waals surface area (Å²) in [6.45, 7) is 1.45. The summed E-state index contributed by atoms with van der Waals surface area (Å²) in [5.74, 6) is 0.220. The summed E-state index contributed by atoms with van der Waals surface area (Å²) in [5.41, 5.74) is 0.495. The van der Waals surface area contributed by atoms with Gasteiger partial charge in [0.1, 0.15) is 0 Å². The van der Waals surface area contributed by atoms with E-state index in [4.69, 9.17) is 4.74 Å². The van der Waals surface area contributed by atoms with Crippen molar-refractivity contribution in [1.82, 2.24) is 0 Å². The molecule has 0 aliphatic carbocycles. The van der Waals surface area contributed by atoms with Crippen molar-refractivity contribution in [1.29, 1.82) is 0 Å². The highest BCUT2D eigenvalue weighted by Crippen LogP contribution is 2.36. The molecule has 0 fully saturated rings. The van der Waals surface area contributed by atoms with Crippen molar-refractivity contribution >= 4 is 21.7 Å². The molecule has 1 aromatic carbocycles. The van der Waals surface area contributed by atoms with Gasteiger partial charge in [-0.25, -0.2) is 0 Å². The average Bonchev–Trinajstić information content (AvgIpc) is 2.04. The molecule has 13 heavy (non-hydrogen) atoms. The molecular weight excluding hydrogens is 236 g/mol. The van der Waals surface area contributed by atoms with Crippen LogP contribution in [-0.4, -0.2) is 18.0 Å². The lowest BCUT2D eigenvalue weighted by Crippen LogP contribution is -1.96. The standard InChI is InChI=1S/C9H9BrO3/c1-5(11)6-3-4-7(12)9(13-2)8(6)10/h3-4,12H,1-2H3. The first-order valence-corrected chi connectivity index (χ1v) is 4.43. The highest BCUT2D eigenvalue weighted by Gasteiger charge is 2.13. The van der Waals surface area contributed by atoms with Gasteiger partial charge in [0.2, 0.25) is 0 Å². The van der Waals surface area contributed by atoms with Gasteiger partial charge in [0.15, 0.2) is 17.3 Å². The Kier molecular flexibility index (Phi) is 2.93. The monoisotopic (exact) mass is 244 g/mol. The van der Waals surface area contributed by atoms with Crippen LogP contribution in [0.2, 0.25) is 0 Å². The third kappa shape index (κ3) is 1.83. The van der Waals surface area contributed by atoms with Crippen LogP contribution >= 0.6 is 15.9 Å². The van der Waals surface area contributed by atoms with E-state index >= 15 is 0 Å². The lowest BCUT2D eigenvalue weighted by Gasteiger charge is -2.08. The molecule has 0 spiro atoms. The number of methoxy groups -OCH3 is 1. The quantitative estimate of drug-likeness (QED) is 0.813. The van der Waals surface area contributed by atoms with Crippen LogP contribution in [0.4, 0.5) is 0 Å². The van der Waals surface area contributed by atoms with Crippen molar-refractivity contribution in [3.63, 3.8) is 0 Å². The zero-order chi connectivity index (χ0) is 10.0. The smallest absolute Gasteiger partial charge is 0.175 e. The fourth-order valence-corrected chi connectivity index (χ4v) is 1.79. The number of Topliss-reactive ketones (excluding diaryl/α,β-unsaturated/α-hetero) is 1. The number of carbonyl (C=O) groups excluding carboxylic acids is 1. The van der Waals surface area contributed by atoms with Gasteiger partial charge in [-0.2, -0.15) is 0 Å². The minimum atomic E-state index is -0.0785. The molecule has 0 saturated carbocycles. The van der Waals surface area contributed by atoms with Crippen LogP contribution in [-0.2, 0) is 0 Å². The first kappa shape index (κ1) is 10.1. The van der Waals surface area contributed by atoms with Gasteiger partial charge in [-0.3, -0.25) is 4.79 Å². The van der Waals surface area contributed by atoms with E-state index in [0.717, 1.165) is 0 Å². The van der Waals surface area contributed by atoms with Gasteiger partial charge < -0.3 is 9.84 Å². The minimum Gasteiger partial charge on any atom is -0.504 e. The van der Waals surface area contributed by atoms with Crippen LogP contribution in [0.1, 0.15) is 17.3 Å². The van der Waals surface area contributed by atoms with E-state index in [2.05, 4.69) is 15.9 Å². The number of halogens is 1. The molecule has 0 amide bonds. The Morgan fingerprint density at radius 3 is 2.62 bits per heavy atom. The van der Waals surface area contributed by atoms with Crippen molar-refractivity contribution < 1.29 is 14.6 Å². The molecule has 0 bridgehead atoms. The van der Waals surface area contributed by atoms with Gasteiger partial charge in [0, 0.05) is 5.56 Å². The van der Waals surface area contributed by atoms with Gasteiger partial charge in [-0.1, -0.05) is 0 Å². The Balaban J connectivity index is 3.35. The van der Waals surface area contributed by atoms with Crippen LogP contribution in [0.5, 0.6) is 11.5 Å². The lowest BCUT2D eigenvalue weighted by atomic mass is 10.1. The molecule has 1 aromatic rings. The molecule has 70 valence electrons. The molecule has 0 saturated heterocycles. The normalized spacial score (nSPS) is 9.77. The average molecular weight is 245 g/mol. The number of carbonyl (C=O) groups is 1. The second-order valence-electron chi connectivity index (χ2n) is 2.54. The summed E-state index contributed by atoms with van der Waals surface area (Å²) in [4.78, 5) is 11.1. The largest absolute Gasteiger partial charge is 0.504 e. The van der Waals surface area contributed by atoms with Crippen molar-refractivity contribution in [2.45, 2.75) is 6.92 Å².